The van der Waals surface area contributed by atoms with Crippen LogP contribution in [-0.4, -0.2) is 41.2 Å². The Labute approximate surface area is 113 Å². The largest absolute Gasteiger partial charge is 0.368 e. The smallest absolute Gasteiger partial charge is 0.288 e. The van der Waals surface area contributed by atoms with Crippen LogP contribution in [0.3, 0.4) is 0 Å². The summed E-state index contributed by atoms with van der Waals surface area (Å²) in [6.45, 7) is 0.784. The number of piperazine rings is 1. The standard InChI is InChI=1S/C10H12ClN5O3/c11-9-6(15-2-1-13-8(18)5-15)3-14-16(10(9)19)4-7(12)17/h3H,1-2,4-5H2,(H2,12,17)(H,13,18). The second-order valence-corrected chi connectivity index (χ2v) is 4.42. The molecule has 2 rings (SSSR count). The number of primary amides is 1. The van der Waals surface area contributed by atoms with Gasteiger partial charge in [0, 0.05) is 13.1 Å². The van der Waals surface area contributed by atoms with Crippen molar-refractivity contribution in [2.45, 2.75) is 6.54 Å². The number of halogens is 1. The lowest BCUT2D eigenvalue weighted by Crippen LogP contribution is -2.48. The van der Waals surface area contributed by atoms with Crippen molar-refractivity contribution in [1.29, 1.82) is 0 Å². The Bertz CT molecular complexity index is 585. The SMILES string of the molecule is NC(=O)Cn1ncc(N2CCNC(=O)C2)c(Cl)c1=O. The fraction of sp³-hybridized carbons (Fsp3) is 0.400. The highest BCUT2D eigenvalue weighted by atomic mass is 35.5. The molecule has 2 heterocycles. The molecule has 102 valence electrons. The maximum Gasteiger partial charge on any atom is 0.288 e. The topological polar surface area (TPSA) is 110 Å². The lowest BCUT2D eigenvalue weighted by molar-refractivity contribution is -0.120. The first-order valence-electron chi connectivity index (χ1n) is 5.54. The number of aromatic nitrogens is 2. The fourth-order valence-electron chi connectivity index (χ4n) is 1.78. The molecule has 1 aliphatic rings. The minimum atomic E-state index is -0.684. The molecular weight excluding hydrogens is 274 g/mol. The van der Waals surface area contributed by atoms with E-state index >= 15 is 0 Å². The Morgan fingerprint density at radius 3 is 2.89 bits per heavy atom. The van der Waals surface area contributed by atoms with Crippen molar-refractivity contribution in [2.24, 2.45) is 5.73 Å². The van der Waals surface area contributed by atoms with Crippen LogP contribution in [0, 0.1) is 0 Å². The van der Waals surface area contributed by atoms with E-state index in [2.05, 4.69) is 10.4 Å². The summed E-state index contributed by atoms with van der Waals surface area (Å²) in [5, 5.41) is 6.41. The fourth-order valence-corrected chi connectivity index (χ4v) is 2.05. The number of rotatable bonds is 3. The van der Waals surface area contributed by atoms with Gasteiger partial charge in [0.25, 0.3) is 5.56 Å². The summed E-state index contributed by atoms with van der Waals surface area (Å²) >= 11 is 5.96. The van der Waals surface area contributed by atoms with Gasteiger partial charge in [-0.25, -0.2) is 4.68 Å². The molecule has 3 N–H and O–H groups in total. The lowest BCUT2D eigenvalue weighted by Gasteiger charge is -2.28. The quantitative estimate of drug-likeness (QED) is 0.689. The molecule has 0 unspecified atom stereocenters. The van der Waals surface area contributed by atoms with Crippen molar-refractivity contribution in [3.8, 4) is 0 Å². The molecule has 1 aromatic rings. The maximum atomic E-state index is 11.9. The van der Waals surface area contributed by atoms with E-state index in [0.717, 1.165) is 4.68 Å². The highest BCUT2D eigenvalue weighted by molar-refractivity contribution is 6.33. The molecule has 0 aliphatic carbocycles. The summed E-state index contributed by atoms with van der Waals surface area (Å²) in [6, 6.07) is 0. The third-order valence-electron chi connectivity index (χ3n) is 2.65. The number of hydrogen-bond donors (Lipinski definition) is 2. The summed E-state index contributed by atoms with van der Waals surface area (Å²) in [6.07, 6.45) is 1.35. The van der Waals surface area contributed by atoms with Gasteiger partial charge in [-0.3, -0.25) is 14.4 Å². The van der Waals surface area contributed by atoms with Crippen LogP contribution in [0.1, 0.15) is 0 Å². The number of nitrogens with zero attached hydrogens (tertiary/aromatic N) is 3. The number of nitrogens with two attached hydrogens (primary N) is 1. The van der Waals surface area contributed by atoms with Gasteiger partial charge in [0.05, 0.1) is 18.4 Å². The first-order valence-corrected chi connectivity index (χ1v) is 5.92. The average Bonchev–Trinajstić information content (AvgIpc) is 2.35. The number of nitrogens with one attached hydrogen (secondary N) is 1. The summed E-state index contributed by atoms with van der Waals surface area (Å²) in [7, 11) is 0. The van der Waals surface area contributed by atoms with Gasteiger partial charge >= 0.3 is 0 Å². The summed E-state index contributed by atoms with van der Waals surface area (Å²) < 4.78 is 0.887. The van der Waals surface area contributed by atoms with Gasteiger partial charge in [-0.2, -0.15) is 5.10 Å². The first-order chi connectivity index (χ1) is 8.99. The predicted octanol–water partition coefficient (Wildman–Crippen LogP) is -1.68. The molecule has 9 heteroatoms. The van der Waals surface area contributed by atoms with Crippen LogP contribution in [0.5, 0.6) is 0 Å². The number of carbonyl (C=O) groups excluding carboxylic acids is 2. The molecule has 0 atom stereocenters. The van der Waals surface area contributed by atoms with Gasteiger partial charge < -0.3 is 16.0 Å². The van der Waals surface area contributed by atoms with Crippen LogP contribution in [0.25, 0.3) is 0 Å². The molecule has 1 aliphatic heterocycles. The Morgan fingerprint density at radius 1 is 1.53 bits per heavy atom. The number of anilines is 1. The van der Waals surface area contributed by atoms with Crippen LogP contribution in [0.15, 0.2) is 11.0 Å². The predicted molar refractivity (Wildman–Crippen MR) is 67.9 cm³/mol. The van der Waals surface area contributed by atoms with Crippen LogP contribution < -0.4 is 21.5 Å². The lowest BCUT2D eigenvalue weighted by atomic mass is 10.3. The molecule has 0 bridgehead atoms. The van der Waals surface area contributed by atoms with E-state index in [9.17, 15) is 14.4 Å². The monoisotopic (exact) mass is 285 g/mol. The first kappa shape index (κ1) is 13.3. The molecule has 1 saturated heterocycles. The van der Waals surface area contributed by atoms with E-state index in [0.29, 0.717) is 18.8 Å². The average molecular weight is 286 g/mol. The Kier molecular flexibility index (Phi) is 3.70. The molecule has 0 saturated carbocycles. The zero-order chi connectivity index (χ0) is 14.0. The Hall–Kier alpha value is -2.09. The molecule has 0 spiro atoms. The van der Waals surface area contributed by atoms with Crippen molar-refractivity contribution in [3.05, 3.63) is 21.6 Å². The van der Waals surface area contributed by atoms with Gasteiger partial charge in [0.1, 0.15) is 11.6 Å². The minimum Gasteiger partial charge on any atom is -0.368 e. The second kappa shape index (κ2) is 5.27. The van der Waals surface area contributed by atoms with Crippen LogP contribution in [0.4, 0.5) is 5.69 Å². The van der Waals surface area contributed by atoms with E-state index in [1.54, 1.807) is 4.90 Å². The van der Waals surface area contributed by atoms with Gasteiger partial charge in [0.2, 0.25) is 11.8 Å². The van der Waals surface area contributed by atoms with Gasteiger partial charge in [-0.1, -0.05) is 11.6 Å². The van der Waals surface area contributed by atoms with Gasteiger partial charge in [-0.15, -0.1) is 0 Å². The van der Waals surface area contributed by atoms with E-state index < -0.39 is 11.5 Å². The van der Waals surface area contributed by atoms with Gasteiger partial charge in [0.15, 0.2) is 0 Å². The van der Waals surface area contributed by atoms with Crippen LogP contribution >= 0.6 is 11.6 Å². The summed E-state index contributed by atoms with van der Waals surface area (Å²) in [5.41, 5.74) is 4.77. The second-order valence-electron chi connectivity index (χ2n) is 4.04. The zero-order valence-electron chi connectivity index (χ0n) is 9.93. The van der Waals surface area contributed by atoms with Crippen molar-refractivity contribution in [3.63, 3.8) is 0 Å². The highest BCUT2D eigenvalue weighted by Crippen LogP contribution is 2.21. The van der Waals surface area contributed by atoms with E-state index in [1.807, 2.05) is 0 Å². The molecular formula is C10H12ClN5O3. The molecule has 8 nitrogen and oxygen atoms in total. The normalized spacial score (nSPS) is 15.2. The highest BCUT2D eigenvalue weighted by Gasteiger charge is 2.21. The van der Waals surface area contributed by atoms with Crippen molar-refractivity contribution < 1.29 is 9.59 Å². The van der Waals surface area contributed by atoms with E-state index in [4.69, 9.17) is 17.3 Å². The molecule has 0 radical (unpaired) electrons. The van der Waals surface area contributed by atoms with Crippen molar-refractivity contribution in [2.75, 3.05) is 24.5 Å². The number of carbonyl (C=O) groups is 2. The van der Waals surface area contributed by atoms with Crippen molar-refractivity contribution >= 4 is 29.1 Å². The maximum absolute atomic E-state index is 11.9. The van der Waals surface area contributed by atoms with E-state index in [1.165, 1.54) is 6.20 Å². The Morgan fingerprint density at radius 2 is 2.26 bits per heavy atom. The summed E-state index contributed by atoms with van der Waals surface area (Å²) in [4.78, 5) is 35.6. The third-order valence-corrected chi connectivity index (χ3v) is 3.01. The molecule has 2 amide bonds. The van der Waals surface area contributed by atoms with Gasteiger partial charge in [-0.05, 0) is 0 Å². The zero-order valence-corrected chi connectivity index (χ0v) is 10.7. The van der Waals surface area contributed by atoms with Crippen LogP contribution in [0.2, 0.25) is 5.02 Å². The number of hydrogen-bond acceptors (Lipinski definition) is 5. The Balaban J connectivity index is 2.33. The summed E-state index contributed by atoms with van der Waals surface area (Å²) in [5.74, 6) is -0.834. The molecule has 1 fully saturated rings. The van der Waals surface area contributed by atoms with Crippen molar-refractivity contribution in [1.82, 2.24) is 15.1 Å². The van der Waals surface area contributed by atoms with E-state index in [-0.39, 0.29) is 24.0 Å². The third kappa shape index (κ3) is 2.84. The van der Waals surface area contributed by atoms with Crippen LogP contribution in [-0.2, 0) is 16.1 Å². The minimum absolute atomic E-state index is 0.0778. The molecule has 1 aromatic heterocycles. The number of amides is 2. The molecule has 0 aromatic carbocycles. The molecule has 19 heavy (non-hydrogen) atoms.